The normalized spacial score (nSPS) is 15.9. The van der Waals surface area contributed by atoms with Gasteiger partial charge in [0.15, 0.2) is 0 Å². The number of carbonyl (C=O) groups is 2. The number of ether oxygens (including phenoxy) is 2. The van der Waals surface area contributed by atoms with Crippen molar-refractivity contribution in [3.63, 3.8) is 0 Å². The Hall–Kier alpha value is -2.00. The number of amides is 2. The van der Waals surface area contributed by atoms with E-state index in [-0.39, 0.29) is 24.3 Å². The van der Waals surface area contributed by atoms with E-state index in [4.69, 9.17) is 15.2 Å². The number of nitrogens with zero attached hydrogens (tertiary/aromatic N) is 1. The topological polar surface area (TPSA) is 106 Å². The van der Waals surface area contributed by atoms with E-state index in [1.54, 1.807) is 0 Å². The van der Waals surface area contributed by atoms with Crippen LogP contribution in [0.25, 0.3) is 0 Å². The molecule has 0 radical (unpaired) electrons. The first kappa shape index (κ1) is 21.3. The molecule has 1 fully saturated rings. The molecule has 1 unspecified atom stereocenters. The molecule has 1 atom stereocenters. The first-order valence-corrected chi connectivity index (χ1v) is 9.29. The SMILES string of the molecule is COC(CN)CC(=O)NCc1cccc(NC(=O)CCN2CCOCC2)c1. The molecule has 2 amide bonds. The van der Waals surface area contributed by atoms with Gasteiger partial charge in [-0.05, 0) is 17.7 Å². The van der Waals surface area contributed by atoms with Crippen LogP contribution in [0.15, 0.2) is 24.3 Å². The molecule has 1 heterocycles. The quantitative estimate of drug-likeness (QED) is 0.542. The third kappa shape index (κ3) is 8.04. The molecule has 1 aliphatic rings. The Bertz CT molecular complexity index is 601. The van der Waals surface area contributed by atoms with Crippen molar-refractivity contribution in [3.05, 3.63) is 29.8 Å². The first-order chi connectivity index (χ1) is 13.1. The van der Waals surface area contributed by atoms with E-state index in [2.05, 4.69) is 15.5 Å². The van der Waals surface area contributed by atoms with Crippen LogP contribution < -0.4 is 16.4 Å². The van der Waals surface area contributed by atoms with Gasteiger partial charge in [-0.25, -0.2) is 0 Å². The summed E-state index contributed by atoms with van der Waals surface area (Å²) in [5.74, 6) is -0.138. The summed E-state index contributed by atoms with van der Waals surface area (Å²) in [4.78, 5) is 26.3. The maximum absolute atomic E-state index is 12.2. The lowest BCUT2D eigenvalue weighted by Gasteiger charge is -2.26. The van der Waals surface area contributed by atoms with Crippen molar-refractivity contribution >= 4 is 17.5 Å². The second-order valence-electron chi connectivity index (χ2n) is 6.53. The average Bonchev–Trinajstić information content (AvgIpc) is 2.70. The van der Waals surface area contributed by atoms with Gasteiger partial charge < -0.3 is 25.8 Å². The minimum absolute atomic E-state index is 0.0199. The van der Waals surface area contributed by atoms with Crippen molar-refractivity contribution in [2.24, 2.45) is 5.73 Å². The highest BCUT2D eigenvalue weighted by atomic mass is 16.5. The number of anilines is 1. The number of nitrogens with two attached hydrogens (primary N) is 1. The van der Waals surface area contributed by atoms with Crippen molar-refractivity contribution < 1.29 is 19.1 Å². The van der Waals surface area contributed by atoms with Crippen LogP contribution in [0.4, 0.5) is 5.69 Å². The lowest BCUT2D eigenvalue weighted by atomic mass is 10.2. The van der Waals surface area contributed by atoms with Gasteiger partial charge in [-0.2, -0.15) is 0 Å². The molecule has 2 rings (SSSR count). The largest absolute Gasteiger partial charge is 0.380 e. The van der Waals surface area contributed by atoms with E-state index in [0.717, 1.165) is 44.1 Å². The zero-order valence-electron chi connectivity index (χ0n) is 15.9. The minimum Gasteiger partial charge on any atom is -0.380 e. The third-order valence-electron chi connectivity index (χ3n) is 4.47. The number of carbonyl (C=O) groups excluding carboxylic acids is 2. The molecule has 1 saturated heterocycles. The molecule has 0 aromatic heterocycles. The van der Waals surface area contributed by atoms with E-state index in [1.807, 2.05) is 24.3 Å². The number of methoxy groups -OCH3 is 1. The van der Waals surface area contributed by atoms with Gasteiger partial charge in [0.25, 0.3) is 0 Å². The smallest absolute Gasteiger partial charge is 0.225 e. The number of benzene rings is 1. The van der Waals surface area contributed by atoms with Gasteiger partial charge in [-0.3, -0.25) is 14.5 Å². The zero-order valence-corrected chi connectivity index (χ0v) is 15.9. The first-order valence-electron chi connectivity index (χ1n) is 9.29. The van der Waals surface area contributed by atoms with Gasteiger partial charge >= 0.3 is 0 Å². The number of hydrogen-bond donors (Lipinski definition) is 3. The number of hydrogen-bond acceptors (Lipinski definition) is 6. The Morgan fingerprint density at radius 3 is 2.78 bits per heavy atom. The predicted molar refractivity (Wildman–Crippen MR) is 103 cm³/mol. The summed E-state index contributed by atoms with van der Waals surface area (Å²) in [6.45, 7) is 4.62. The number of morpholine rings is 1. The fourth-order valence-corrected chi connectivity index (χ4v) is 2.81. The molecular weight excluding hydrogens is 348 g/mol. The fourth-order valence-electron chi connectivity index (χ4n) is 2.81. The molecule has 0 aliphatic carbocycles. The van der Waals surface area contributed by atoms with Crippen molar-refractivity contribution in [1.29, 1.82) is 0 Å². The van der Waals surface area contributed by atoms with Crippen molar-refractivity contribution in [3.8, 4) is 0 Å². The van der Waals surface area contributed by atoms with Crippen LogP contribution in [0.2, 0.25) is 0 Å². The second kappa shape index (κ2) is 11.7. The molecule has 4 N–H and O–H groups in total. The molecular formula is C19H30N4O4. The fraction of sp³-hybridized carbons (Fsp3) is 0.579. The molecule has 0 spiro atoms. The molecule has 0 saturated carbocycles. The predicted octanol–water partition coefficient (Wildman–Crippen LogP) is 0.327. The summed E-state index contributed by atoms with van der Waals surface area (Å²) in [5.41, 5.74) is 7.16. The molecule has 1 aliphatic heterocycles. The van der Waals surface area contributed by atoms with Gasteiger partial charge in [0.05, 0.1) is 25.7 Å². The second-order valence-corrected chi connectivity index (χ2v) is 6.53. The van der Waals surface area contributed by atoms with E-state index in [1.165, 1.54) is 7.11 Å². The van der Waals surface area contributed by atoms with Crippen LogP contribution in [0.3, 0.4) is 0 Å². The van der Waals surface area contributed by atoms with Crippen molar-refractivity contribution in [2.75, 3.05) is 51.8 Å². The molecule has 1 aromatic carbocycles. The Morgan fingerprint density at radius 1 is 1.30 bits per heavy atom. The summed E-state index contributed by atoms with van der Waals surface area (Å²) < 4.78 is 10.4. The lowest BCUT2D eigenvalue weighted by molar-refractivity contribution is -0.123. The van der Waals surface area contributed by atoms with Crippen LogP contribution in [-0.2, 0) is 25.6 Å². The summed E-state index contributed by atoms with van der Waals surface area (Å²) in [5, 5.41) is 5.75. The van der Waals surface area contributed by atoms with E-state index in [0.29, 0.717) is 19.5 Å². The highest BCUT2D eigenvalue weighted by Crippen LogP contribution is 2.11. The van der Waals surface area contributed by atoms with Crippen molar-refractivity contribution in [1.82, 2.24) is 10.2 Å². The van der Waals surface area contributed by atoms with Crippen LogP contribution in [-0.4, -0.2) is 69.3 Å². The number of rotatable bonds is 10. The van der Waals surface area contributed by atoms with E-state index < -0.39 is 0 Å². The molecule has 150 valence electrons. The monoisotopic (exact) mass is 378 g/mol. The third-order valence-corrected chi connectivity index (χ3v) is 4.47. The minimum atomic E-state index is -0.276. The van der Waals surface area contributed by atoms with Crippen LogP contribution >= 0.6 is 0 Å². The molecule has 1 aromatic rings. The number of nitrogens with one attached hydrogen (secondary N) is 2. The highest BCUT2D eigenvalue weighted by molar-refractivity contribution is 5.90. The van der Waals surface area contributed by atoms with E-state index in [9.17, 15) is 9.59 Å². The van der Waals surface area contributed by atoms with Gasteiger partial charge in [0.2, 0.25) is 11.8 Å². The Balaban J connectivity index is 1.75. The summed E-state index contributed by atoms with van der Waals surface area (Å²) in [6.07, 6.45) is 0.394. The van der Waals surface area contributed by atoms with Gasteiger partial charge in [-0.15, -0.1) is 0 Å². The Morgan fingerprint density at radius 2 is 2.07 bits per heavy atom. The zero-order chi connectivity index (χ0) is 19.5. The van der Waals surface area contributed by atoms with Crippen LogP contribution in [0.5, 0.6) is 0 Å². The maximum atomic E-state index is 12.2. The summed E-state index contributed by atoms with van der Waals surface area (Å²) >= 11 is 0. The van der Waals surface area contributed by atoms with Gasteiger partial charge in [0.1, 0.15) is 0 Å². The Kier molecular flexibility index (Phi) is 9.20. The lowest BCUT2D eigenvalue weighted by Crippen LogP contribution is -2.38. The Labute approximate surface area is 160 Å². The van der Waals surface area contributed by atoms with E-state index >= 15 is 0 Å². The van der Waals surface area contributed by atoms with Gasteiger partial charge in [0, 0.05) is 51.9 Å². The average molecular weight is 378 g/mol. The summed E-state index contributed by atoms with van der Waals surface area (Å²) in [7, 11) is 1.54. The van der Waals surface area contributed by atoms with Crippen molar-refractivity contribution in [2.45, 2.75) is 25.5 Å². The maximum Gasteiger partial charge on any atom is 0.225 e. The van der Waals surface area contributed by atoms with Crippen LogP contribution in [0.1, 0.15) is 18.4 Å². The van der Waals surface area contributed by atoms with Gasteiger partial charge in [-0.1, -0.05) is 12.1 Å². The molecule has 0 bridgehead atoms. The molecule has 8 nitrogen and oxygen atoms in total. The molecule has 8 heteroatoms. The van der Waals surface area contributed by atoms with Crippen LogP contribution in [0, 0.1) is 0 Å². The summed E-state index contributed by atoms with van der Waals surface area (Å²) in [6, 6.07) is 7.47. The highest BCUT2D eigenvalue weighted by Gasteiger charge is 2.13. The standard InChI is InChI=1S/C19H30N4O4/c1-26-17(13-20)12-19(25)21-14-15-3-2-4-16(11-15)22-18(24)5-6-23-7-9-27-10-8-23/h2-4,11,17H,5-10,12-14,20H2,1H3,(H,21,25)(H,22,24). The molecule has 27 heavy (non-hydrogen) atoms.